The van der Waals surface area contributed by atoms with Crippen molar-refractivity contribution in [2.75, 3.05) is 32.8 Å². The number of aryl methyl sites for hydroxylation is 1. The highest BCUT2D eigenvalue weighted by Crippen LogP contribution is 2.26. The Labute approximate surface area is 124 Å². The molecule has 4 heteroatoms. The highest BCUT2D eigenvalue weighted by atomic mass is 32.1. The highest BCUT2D eigenvalue weighted by Gasteiger charge is 2.11. The van der Waals surface area contributed by atoms with Crippen LogP contribution in [0.1, 0.15) is 12.0 Å². The molecule has 106 valence electrons. The summed E-state index contributed by atoms with van der Waals surface area (Å²) in [5.41, 5.74) is 2.71. The molecule has 3 nitrogen and oxygen atoms in total. The van der Waals surface area contributed by atoms with Gasteiger partial charge in [-0.3, -0.25) is 4.90 Å². The number of hydrogen-bond acceptors (Lipinski definition) is 4. The molecule has 1 aliphatic rings. The molecule has 1 saturated heterocycles. The lowest BCUT2D eigenvalue weighted by Gasteiger charge is -2.26. The van der Waals surface area contributed by atoms with Gasteiger partial charge in [0.25, 0.3) is 0 Å². The van der Waals surface area contributed by atoms with E-state index >= 15 is 0 Å². The Kier molecular flexibility index (Phi) is 4.79. The summed E-state index contributed by atoms with van der Waals surface area (Å²) in [6.45, 7) is 5.09. The molecule has 1 aromatic carbocycles. The first-order valence-corrected chi connectivity index (χ1v) is 8.09. The molecule has 0 bridgehead atoms. The molecule has 1 aliphatic heterocycles. The van der Waals surface area contributed by atoms with E-state index in [0.29, 0.717) is 0 Å². The van der Waals surface area contributed by atoms with E-state index < -0.39 is 0 Å². The zero-order valence-corrected chi connectivity index (χ0v) is 12.4. The second kappa shape index (κ2) is 6.97. The Hall–Kier alpha value is -1.23. The SMILES string of the molecule is c1ccc(-c2nccs2)c(CCCN2CCOCC2)c1. The highest BCUT2D eigenvalue weighted by molar-refractivity contribution is 7.13. The van der Waals surface area contributed by atoms with Gasteiger partial charge in [0.2, 0.25) is 0 Å². The Morgan fingerprint density at radius 2 is 2.05 bits per heavy atom. The summed E-state index contributed by atoms with van der Waals surface area (Å²) >= 11 is 1.71. The van der Waals surface area contributed by atoms with Crippen LogP contribution < -0.4 is 0 Å². The number of morpholine rings is 1. The molecule has 2 heterocycles. The molecule has 0 spiro atoms. The van der Waals surface area contributed by atoms with Crippen molar-refractivity contribution >= 4 is 11.3 Å². The third-order valence-corrected chi connectivity index (χ3v) is 4.51. The maximum atomic E-state index is 5.38. The van der Waals surface area contributed by atoms with Crippen molar-refractivity contribution in [1.29, 1.82) is 0 Å². The van der Waals surface area contributed by atoms with E-state index in [1.54, 1.807) is 11.3 Å². The fourth-order valence-corrected chi connectivity index (χ4v) is 3.32. The fourth-order valence-electron chi connectivity index (χ4n) is 2.62. The van der Waals surface area contributed by atoms with Crippen molar-refractivity contribution < 1.29 is 4.74 Å². The second-order valence-electron chi connectivity index (χ2n) is 5.05. The normalized spacial score (nSPS) is 16.4. The van der Waals surface area contributed by atoms with Gasteiger partial charge in [-0.15, -0.1) is 11.3 Å². The molecule has 1 aromatic heterocycles. The third-order valence-electron chi connectivity index (χ3n) is 3.70. The Morgan fingerprint density at radius 3 is 2.85 bits per heavy atom. The first kappa shape index (κ1) is 13.7. The molecular formula is C16H20N2OS. The minimum atomic E-state index is 0.885. The van der Waals surface area contributed by atoms with Crippen molar-refractivity contribution in [3.63, 3.8) is 0 Å². The van der Waals surface area contributed by atoms with Gasteiger partial charge in [-0.25, -0.2) is 4.98 Å². The minimum absolute atomic E-state index is 0.885. The summed E-state index contributed by atoms with van der Waals surface area (Å²) in [5.74, 6) is 0. The van der Waals surface area contributed by atoms with Gasteiger partial charge < -0.3 is 4.74 Å². The Balaban J connectivity index is 1.60. The number of nitrogens with zero attached hydrogens (tertiary/aromatic N) is 2. The molecule has 0 saturated carbocycles. The number of thiazole rings is 1. The molecule has 2 aromatic rings. The predicted molar refractivity (Wildman–Crippen MR) is 83.1 cm³/mol. The van der Waals surface area contributed by atoms with Crippen LogP contribution in [0, 0.1) is 0 Å². The molecule has 20 heavy (non-hydrogen) atoms. The molecule has 0 atom stereocenters. The summed E-state index contributed by atoms with van der Waals surface area (Å²) in [4.78, 5) is 6.93. The van der Waals surface area contributed by atoms with Crippen LogP contribution in [0.2, 0.25) is 0 Å². The number of ether oxygens (including phenoxy) is 1. The van der Waals surface area contributed by atoms with Crippen molar-refractivity contribution in [1.82, 2.24) is 9.88 Å². The Morgan fingerprint density at radius 1 is 1.20 bits per heavy atom. The maximum absolute atomic E-state index is 5.38. The van der Waals surface area contributed by atoms with Crippen LogP contribution in [0.3, 0.4) is 0 Å². The monoisotopic (exact) mass is 288 g/mol. The van der Waals surface area contributed by atoms with Gasteiger partial charge in [0.1, 0.15) is 5.01 Å². The van der Waals surface area contributed by atoms with Crippen LogP contribution >= 0.6 is 11.3 Å². The lowest BCUT2D eigenvalue weighted by atomic mass is 10.0. The maximum Gasteiger partial charge on any atom is 0.123 e. The fraction of sp³-hybridized carbons (Fsp3) is 0.438. The van der Waals surface area contributed by atoms with Crippen molar-refractivity contribution in [2.45, 2.75) is 12.8 Å². The minimum Gasteiger partial charge on any atom is -0.379 e. The van der Waals surface area contributed by atoms with E-state index in [4.69, 9.17) is 4.74 Å². The molecule has 0 unspecified atom stereocenters. The lowest BCUT2D eigenvalue weighted by Crippen LogP contribution is -2.36. The summed E-state index contributed by atoms with van der Waals surface area (Å²) in [6, 6.07) is 8.64. The van der Waals surface area contributed by atoms with Gasteiger partial charge in [-0.05, 0) is 24.9 Å². The quantitative estimate of drug-likeness (QED) is 0.845. The van der Waals surface area contributed by atoms with Crippen LogP contribution in [-0.2, 0) is 11.2 Å². The largest absolute Gasteiger partial charge is 0.379 e. The predicted octanol–water partition coefficient (Wildman–Crippen LogP) is 3.07. The summed E-state index contributed by atoms with van der Waals surface area (Å²) in [6.07, 6.45) is 4.19. The molecule has 3 rings (SSSR count). The zero-order valence-electron chi connectivity index (χ0n) is 11.6. The molecule has 0 amide bonds. The number of aromatic nitrogens is 1. The van der Waals surface area contributed by atoms with Gasteiger partial charge >= 0.3 is 0 Å². The van der Waals surface area contributed by atoms with E-state index in [-0.39, 0.29) is 0 Å². The van der Waals surface area contributed by atoms with Crippen molar-refractivity contribution in [3.05, 3.63) is 41.4 Å². The first-order chi connectivity index (χ1) is 9.93. The van der Waals surface area contributed by atoms with E-state index in [1.807, 2.05) is 11.6 Å². The zero-order chi connectivity index (χ0) is 13.6. The standard InChI is InChI=1S/C16H20N2OS/c1-2-6-15(16-17-7-13-20-16)14(4-1)5-3-8-18-9-11-19-12-10-18/h1-2,4,6-7,13H,3,5,8-12H2. The van der Waals surface area contributed by atoms with Crippen LogP contribution in [0.15, 0.2) is 35.8 Å². The summed E-state index contributed by atoms with van der Waals surface area (Å²) in [7, 11) is 0. The van der Waals surface area contributed by atoms with Crippen molar-refractivity contribution in [3.8, 4) is 10.6 Å². The smallest absolute Gasteiger partial charge is 0.123 e. The van der Waals surface area contributed by atoms with Gasteiger partial charge in [-0.2, -0.15) is 0 Å². The average molecular weight is 288 g/mol. The van der Waals surface area contributed by atoms with E-state index in [2.05, 4.69) is 34.1 Å². The van der Waals surface area contributed by atoms with E-state index in [1.165, 1.54) is 17.5 Å². The molecule has 1 fully saturated rings. The molecule has 0 N–H and O–H groups in total. The third kappa shape index (κ3) is 3.45. The van der Waals surface area contributed by atoms with Crippen LogP contribution in [0.5, 0.6) is 0 Å². The van der Waals surface area contributed by atoms with Crippen molar-refractivity contribution in [2.24, 2.45) is 0 Å². The van der Waals surface area contributed by atoms with Gasteiger partial charge in [0.05, 0.1) is 13.2 Å². The number of benzene rings is 1. The van der Waals surface area contributed by atoms with E-state index in [0.717, 1.165) is 44.3 Å². The molecule has 0 aliphatic carbocycles. The first-order valence-electron chi connectivity index (χ1n) is 7.21. The van der Waals surface area contributed by atoms with Crippen LogP contribution in [0.25, 0.3) is 10.6 Å². The van der Waals surface area contributed by atoms with Gasteiger partial charge in [0, 0.05) is 30.2 Å². The van der Waals surface area contributed by atoms with Crippen LogP contribution in [-0.4, -0.2) is 42.7 Å². The lowest BCUT2D eigenvalue weighted by molar-refractivity contribution is 0.0375. The second-order valence-corrected chi connectivity index (χ2v) is 5.95. The average Bonchev–Trinajstić information content (AvgIpc) is 3.03. The van der Waals surface area contributed by atoms with Gasteiger partial charge in [-0.1, -0.05) is 24.3 Å². The molecular weight excluding hydrogens is 268 g/mol. The number of hydrogen-bond donors (Lipinski definition) is 0. The number of rotatable bonds is 5. The van der Waals surface area contributed by atoms with Gasteiger partial charge in [0.15, 0.2) is 0 Å². The summed E-state index contributed by atoms with van der Waals surface area (Å²) in [5, 5.41) is 3.17. The van der Waals surface area contributed by atoms with Crippen LogP contribution in [0.4, 0.5) is 0 Å². The summed E-state index contributed by atoms with van der Waals surface area (Å²) < 4.78 is 5.38. The van der Waals surface area contributed by atoms with E-state index in [9.17, 15) is 0 Å². The topological polar surface area (TPSA) is 25.4 Å². The Bertz CT molecular complexity index is 521. The molecule has 0 radical (unpaired) electrons.